The molecule has 2 N–H and O–H groups in total. The van der Waals surface area contributed by atoms with Gasteiger partial charge >= 0.3 is 5.97 Å². The number of methoxy groups -OCH3 is 1. The van der Waals surface area contributed by atoms with Crippen LogP contribution in [0.5, 0.6) is 0 Å². The average Bonchev–Trinajstić information content (AvgIpc) is 2.44. The predicted molar refractivity (Wildman–Crippen MR) is 77.1 cm³/mol. The van der Waals surface area contributed by atoms with Crippen LogP contribution >= 0.6 is 0 Å². The summed E-state index contributed by atoms with van der Waals surface area (Å²) in [7, 11) is 3.35. The molecule has 0 bridgehead atoms. The van der Waals surface area contributed by atoms with E-state index in [1.54, 1.807) is 21.1 Å². The number of hydrogen-bond donors (Lipinski definition) is 2. The van der Waals surface area contributed by atoms with Crippen molar-refractivity contribution in [1.29, 1.82) is 0 Å². The summed E-state index contributed by atoms with van der Waals surface area (Å²) in [6, 6.07) is 0. The van der Waals surface area contributed by atoms with Crippen molar-refractivity contribution in [3.8, 4) is 0 Å². The smallest absolute Gasteiger partial charge is 0.323 e. The van der Waals surface area contributed by atoms with Gasteiger partial charge in [0, 0.05) is 26.9 Å². The lowest BCUT2D eigenvalue weighted by Crippen LogP contribution is -2.47. The standard InChI is InChI=1S/C14H29NO5/c1-14(15-2,13(16)17)7-4-5-9-19-11-12-20-10-6-8-18-3/h15H,4-12H2,1-3H3,(H,16,17). The second kappa shape index (κ2) is 12.1. The van der Waals surface area contributed by atoms with Crippen LogP contribution in [0.25, 0.3) is 0 Å². The van der Waals surface area contributed by atoms with E-state index in [9.17, 15) is 4.79 Å². The number of carboxylic acid groups (broad SMARTS) is 1. The summed E-state index contributed by atoms with van der Waals surface area (Å²) in [4.78, 5) is 11.0. The molecule has 0 aliphatic rings. The van der Waals surface area contributed by atoms with Gasteiger partial charge in [0.15, 0.2) is 0 Å². The molecule has 0 rings (SSSR count). The highest BCUT2D eigenvalue weighted by Crippen LogP contribution is 2.13. The van der Waals surface area contributed by atoms with Gasteiger partial charge in [-0.15, -0.1) is 0 Å². The number of carbonyl (C=O) groups is 1. The van der Waals surface area contributed by atoms with Crippen LogP contribution in [0.15, 0.2) is 0 Å². The van der Waals surface area contributed by atoms with E-state index in [-0.39, 0.29) is 0 Å². The summed E-state index contributed by atoms with van der Waals surface area (Å²) >= 11 is 0. The molecular weight excluding hydrogens is 262 g/mol. The third-order valence-electron chi connectivity index (χ3n) is 3.25. The van der Waals surface area contributed by atoms with E-state index in [4.69, 9.17) is 19.3 Å². The third kappa shape index (κ3) is 9.25. The highest BCUT2D eigenvalue weighted by atomic mass is 16.5. The van der Waals surface area contributed by atoms with E-state index in [1.807, 2.05) is 0 Å². The Morgan fingerprint density at radius 3 is 2.15 bits per heavy atom. The number of rotatable bonds is 14. The quantitative estimate of drug-likeness (QED) is 0.470. The first-order valence-electron chi connectivity index (χ1n) is 7.13. The SMILES string of the molecule is CNC(C)(CCCCOCCOCCCOC)C(=O)O. The van der Waals surface area contributed by atoms with Crippen molar-refractivity contribution < 1.29 is 24.1 Å². The molecule has 0 spiro atoms. The average molecular weight is 291 g/mol. The van der Waals surface area contributed by atoms with Crippen molar-refractivity contribution in [1.82, 2.24) is 5.32 Å². The topological polar surface area (TPSA) is 77.0 Å². The summed E-state index contributed by atoms with van der Waals surface area (Å²) in [5.41, 5.74) is -0.843. The van der Waals surface area contributed by atoms with Crippen molar-refractivity contribution in [2.24, 2.45) is 0 Å². The number of likely N-dealkylation sites (N-methyl/N-ethyl adjacent to an activating group) is 1. The molecule has 0 saturated heterocycles. The summed E-state index contributed by atoms with van der Waals surface area (Å²) in [6.07, 6.45) is 3.16. The fraction of sp³-hybridized carbons (Fsp3) is 0.929. The molecule has 1 unspecified atom stereocenters. The predicted octanol–water partition coefficient (Wildman–Crippen LogP) is 1.29. The molecule has 6 heteroatoms. The van der Waals surface area contributed by atoms with E-state index in [0.29, 0.717) is 39.5 Å². The minimum atomic E-state index is -0.843. The van der Waals surface area contributed by atoms with Gasteiger partial charge in [-0.1, -0.05) is 0 Å². The fourth-order valence-corrected chi connectivity index (χ4v) is 1.65. The highest BCUT2D eigenvalue weighted by molar-refractivity contribution is 5.78. The second-order valence-electron chi connectivity index (χ2n) is 4.92. The van der Waals surface area contributed by atoms with Crippen molar-refractivity contribution >= 4 is 5.97 Å². The lowest BCUT2D eigenvalue weighted by Gasteiger charge is -2.23. The van der Waals surface area contributed by atoms with Crippen LogP contribution < -0.4 is 5.32 Å². The zero-order valence-corrected chi connectivity index (χ0v) is 12.9. The minimum Gasteiger partial charge on any atom is -0.480 e. The maximum atomic E-state index is 11.0. The van der Waals surface area contributed by atoms with Crippen LogP contribution in [-0.4, -0.2) is 63.8 Å². The van der Waals surface area contributed by atoms with Crippen molar-refractivity contribution in [2.45, 2.75) is 38.1 Å². The van der Waals surface area contributed by atoms with E-state index in [1.165, 1.54) is 0 Å². The number of nitrogens with one attached hydrogen (secondary N) is 1. The van der Waals surface area contributed by atoms with Gasteiger partial charge in [0.1, 0.15) is 5.54 Å². The Kier molecular flexibility index (Phi) is 11.7. The highest BCUT2D eigenvalue weighted by Gasteiger charge is 2.29. The van der Waals surface area contributed by atoms with Gasteiger partial charge in [0.2, 0.25) is 0 Å². The number of unbranched alkanes of at least 4 members (excludes halogenated alkanes) is 1. The third-order valence-corrected chi connectivity index (χ3v) is 3.25. The molecule has 6 nitrogen and oxygen atoms in total. The van der Waals surface area contributed by atoms with Gasteiger partial charge in [-0.3, -0.25) is 4.79 Å². The van der Waals surface area contributed by atoms with E-state index >= 15 is 0 Å². The van der Waals surface area contributed by atoms with Crippen LogP contribution in [0, 0.1) is 0 Å². The van der Waals surface area contributed by atoms with Crippen molar-refractivity contribution in [3.05, 3.63) is 0 Å². The Labute approximate surface area is 121 Å². The molecule has 120 valence electrons. The summed E-state index contributed by atoms with van der Waals surface area (Å²) < 4.78 is 15.7. The molecule has 0 aromatic heterocycles. The van der Waals surface area contributed by atoms with Gasteiger partial charge in [-0.25, -0.2) is 0 Å². The monoisotopic (exact) mass is 291 g/mol. The first kappa shape index (κ1) is 19.3. The molecule has 1 atom stereocenters. The number of hydrogen-bond acceptors (Lipinski definition) is 5. The van der Waals surface area contributed by atoms with Crippen molar-refractivity contribution in [3.63, 3.8) is 0 Å². The Morgan fingerprint density at radius 2 is 1.65 bits per heavy atom. The lowest BCUT2D eigenvalue weighted by atomic mass is 9.95. The van der Waals surface area contributed by atoms with Crippen molar-refractivity contribution in [2.75, 3.05) is 47.2 Å². The summed E-state index contributed by atoms with van der Waals surface area (Å²) in [5, 5.41) is 11.9. The van der Waals surface area contributed by atoms with Crippen LogP contribution in [0.1, 0.15) is 32.6 Å². The molecular formula is C14H29NO5. The number of ether oxygens (including phenoxy) is 3. The van der Waals surface area contributed by atoms with Gasteiger partial charge in [0.05, 0.1) is 13.2 Å². The first-order chi connectivity index (χ1) is 9.56. The number of aliphatic carboxylic acids is 1. The molecule has 20 heavy (non-hydrogen) atoms. The molecule has 0 aliphatic heterocycles. The minimum absolute atomic E-state index is 0.579. The molecule has 0 aromatic rings. The zero-order valence-electron chi connectivity index (χ0n) is 12.9. The zero-order chi connectivity index (χ0) is 15.3. The molecule has 0 amide bonds. The van der Waals surface area contributed by atoms with E-state index in [2.05, 4.69) is 5.32 Å². The Bertz CT molecular complexity index is 250. The largest absolute Gasteiger partial charge is 0.480 e. The molecule has 0 aliphatic carbocycles. The Balaban J connectivity index is 3.34. The van der Waals surface area contributed by atoms with Crippen LogP contribution in [0.4, 0.5) is 0 Å². The Morgan fingerprint density at radius 1 is 1.05 bits per heavy atom. The van der Waals surface area contributed by atoms with E-state index in [0.717, 1.165) is 19.3 Å². The summed E-state index contributed by atoms with van der Waals surface area (Å²) in [6.45, 7) is 4.91. The maximum absolute atomic E-state index is 11.0. The van der Waals surface area contributed by atoms with Gasteiger partial charge in [-0.05, 0) is 39.7 Å². The fourth-order valence-electron chi connectivity index (χ4n) is 1.65. The van der Waals surface area contributed by atoms with E-state index < -0.39 is 11.5 Å². The second-order valence-corrected chi connectivity index (χ2v) is 4.92. The Hall–Kier alpha value is -0.690. The van der Waals surface area contributed by atoms with Crippen LogP contribution in [-0.2, 0) is 19.0 Å². The molecule has 0 saturated carbocycles. The normalized spacial score (nSPS) is 14.2. The summed E-state index contributed by atoms with van der Waals surface area (Å²) in [5.74, 6) is -0.814. The number of carboxylic acids is 1. The van der Waals surface area contributed by atoms with Gasteiger partial charge < -0.3 is 24.6 Å². The van der Waals surface area contributed by atoms with Crippen LogP contribution in [0.3, 0.4) is 0 Å². The van der Waals surface area contributed by atoms with Gasteiger partial charge in [-0.2, -0.15) is 0 Å². The van der Waals surface area contributed by atoms with Gasteiger partial charge in [0.25, 0.3) is 0 Å². The molecule has 0 radical (unpaired) electrons. The molecule has 0 heterocycles. The van der Waals surface area contributed by atoms with Crippen LogP contribution in [0.2, 0.25) is 0 Å². The first-order valence-corrected chi connectivity index (χ1v) is 7.13. The maximum Gasteiger partial charge on any atom is 0.323 e. The lowest BCUT2D eigenvalue weighted by molar-refractivity contribution is -0.144. The molecule has 0 fully saturated rings. The molecule has 0 aromatic carbocycles.